The first kappa shape index (κ1) is 13.5. The zero-order valence-corrected chi connectivity index (χ0v) is 12.6. The average molecular weight is 297 g/mol. The van der Waals surface area contributed by atoms with Gasteiger partial charge in [0.05, 0.1) is 5.39 Å². The van der Waals surface area contributed by atoms with E-state index < -0.39 is 0 Å². The van der Waals surface area contributed by atoms with Crippen LogP contribution in [0.1, 0.15) is 36.2 Å². The van der Waals surface area contributed by atoms with Gasteiger partial charge < -0.3 is 9.88 Å². The number of nitrogens with one attached hydrogen (secondary N) is 1. The lowest BCUT2D eigenvalue weighted by atomic mass is 10.1. The Labute approximate surface area is 128 Å². The second-order valence-electron chi connectivity index (χ2n) is 6.56. The summed E-state index contributed by atoms with van der Waals surface area (Å²) < 4.78 is 0. The summed E-state index contributed by atoms with van der Waals surface area (Å²) in [6, 6.07) is 3.86. The van der Waals surface area contributed by atoms with Crippen molar-refractivity contribution in [3.8, 4) is 0 Å². The third-order valence-corrected chi connectivity index (χ3v) is 4.86. The van der Waals surface area contributed by atoms with Crippen molar-refractivity contribution in [1.29, 1.82) is 0 Å². The number of rotatable bonds is 4. The van der Waals surface area contributed by atoms with Gasteiger partial charge in [-0.15, -0.1) is 0 Å². The minimum atomic E-state index is -0.253. The van der Waals surface area contributed by atoms with Gasteiger partial charge >= 0.3 is 0 Å². The predicted molar refractivity (Wildman–Crippen MR) is 83.7 cm³/mol. The molecule has 2 aliphatic carbocycles. The van der Waals surface area contributed by atoms with Gasteiger partial charge in [0, 0.05) is 25.5 Å². The van der Waals surface area contributed by atoms with Crippen LogP contribution < -0.4 is 5.56 Å². The third kappa shape index (κ3) is 2.30. The van der Waals surface area contributed by atoms with Crippen molar-refractivity contribution in [2.75, 3.05) is 7.05 Å². The van der Waals surface area contributed by atoms with Crippen molar-refractivity contribution in [2.24, 2.45) is 11.8 Å². The summed E-state index contributed by atoms with van der Waals surface area (Å²) in [5, 5.41) is 1.27. The molecule has 0 atom stereocenters. The average Bonchev–Trinajstić information content (AvgIpc) is 3.41. The van der Waals surface area contributed by atoms with Crippen molar-refractivity contribution in [3.05, 3.63) is 40.6 Å². The number of carbonyl (C=O) groups is 1. The molecular formula is C17H19N3O2. The van der Waals surface area contributed by atoms with Crippen molar-refractivity contribution in [2.45, 2.75) is 31.7 Å². The molecule has 2 aromatic heterocycles. The fourth-order valence-corrected chi connectivity index (χ4v) is 3.44. The first-order chi connectivity index (χ1) is 10.6. The Morgan fingerprint density at radius 2 is 2.00 bits per heavy atom. The summed E-state index contributed by atoms with van der Waals surface area (Å²) in [6.45, 7) is 0. The third-order valence-electron chi connectivity index (χ3n) is 4.86. The molecule has 0 aromatic carbocycles. The van der Waals surface area contributed by atoms with E-state index in [-0.39, 0.29) is 11.5 Å². The Morgan fingerprint density at radius 1 is 1.32 bits per heavy atom. The Kier molecular flexibility index (Phi) is 3.03. The van der Waals surface area contributed by atoms with E-state index >= 15 is 0 Å². The van der Waals surface area contributed by atoms with E-state index in [1.807, 2.05) is 11.9 Å². The lowest BCUT2D eigenvalue weighted by Gasteiger charge is -2.28. The molecule has 5 nitrogen and oxygen atoms in total. The first-order valence-corrected chi connectivity index (χ1v) is 7.89. The van der Waals surface area contributed by atoms with Gasteiger partial charge in [-0.2, -0.15) is 0 Å². The Balaban J connectivity index is 1.68. The second-order valence-corrected chi connectivity index (χ2v) is 6.56. The molecule has 0 aliphatic heterocycles. The van der Waals surface area contributed by atoms with Crippen LogP contribution >= 0.6 is 0 Å². The summed E-state index contributed by atoms with van der Waals surface area (Å²) in [6.07, 6.45) is 8.05. The highest BCUT2D eigenvalue weighted by atomic mass is 16.2. The summed E-state index contributed by atoms with van der Waals surface area (Å²) in [4.78, 5) is 33.4. The number of amides is 1. The van der Waals surface area contributed by atoms with Gasteiger partial charge in [-0.3, -0.25) is 14.6 Å². The highest BCUT2D eigenvalue weighted by molar-refractivity contribution is 5.96. The van der Waals surface area contributed by atoms with Gasteiger partial charge in [0.1, 0.15) is 5.69 Å². The molecule has 0 unspecified atom stereocenters. The van der Waals surface area contributed by atoms with E-state index in [1.165, 1.54) is 31.9 Å². The van der Waals surface area contributed by atoms with E-state index in [0.29, 0.717) is 29.0 Å². The number of nitrogens with zero attached hydrogens (tertiary/aromatic N) is 2. The number of aromatic amines is 1. The van der Waals surface area contributed by atoms with Crippen LogP contribution in [-0.2, 0) is 0 Å². The topological polar surface area (TPSA) is 66.1 Å². The zero-order valence-electron chi connectivity index (χ0n) is 12.6. The maximum absolute atomic E-state index is 12.8. The molecule has 2 saturated carbocycles. The second kappa shape index (κ2) is 4.93. The molecule has 2 aromatic rings. The van der Waals surface area contributed by atoms with Gasteiger partial charge in [-0.25, -0.2) is 0 Å². The van der Waals surface area contributed by atoms with Crippen molar-refractivity contribution in [3.63, 3.8) is 0 Å². The molecule has 2 fully saturated rings. The minimum Gasteiger partial charge on any atom is -0.337 e. The van der Waals surface area contributed by atoms with E-state index in [4.69, 9.17) is 0 Å². The van der Waals surface area contributed by atoms with E-state index in [9.17, 15) is 9.59 Å². The molecular weight excluding hydrogens is 278 g/mol. The van der Waals surface area contributed by atoms with Crippen LogP contribution in [0, 0.1) is 11.8 Å². The lowest BCUT2D eigenvalue weighted by molar-refractivity contribution is 0.0684. The van der Waals surface area contributed by atoms with Crippen molar-refractivity contribution < 1.29 is 4.79 Å². The normalized spacial score (nSPS) is 17.9. The van der Waals surface area contributed by atoms with Crippen LogP contribution in [-0.4, -0.2) is 33.9 Å². The van der Waals surface area contributed by atoms with E-state index in [0.717, 1.165) is 5.39 Å². The quantitative estimate of drug-likeness (QED) is 0.940. The fraction of sp³-hybridized carbons (Fsp3) is 0.471. The number of fused-ring (bicyclic) bond motifs is 1. The molecule has 0 bridgehead atoms. The predicted octanol–water partition coefficient (Wildman–Crippen LogP) is 2.18. The molecule has 0 saturated heterocycles. The summed E-state index contributed by atoms with van der Waals surface area (Å²) >= 11 is 0. The first-order valence-electron chi connectivity index (χ1n) is 7.89. The zero-order chi connectivity index (χ0) is 15.3. The van der Waals surface area contributed by atoms with Crippen LogP contribution in [0.2, 0.25) is 0 Å². The molecule has 4 rings (SSSR count). The number of hydrogen-bond acceptors (Lipinski definition) is 3. The monoisotopic (exact) mass is 297 g/mol. The van der Waals surface area contributed by atoms with Gasteiger partial charge in [-0.05, 0) is 55.0 Å². The molecule has 22 heavy (non-hydrogen) atoms. The number of carbonyl (C=O) groups excluding carboxylic acids is 1. The maximum Gasteiger partial charge on any atom is 0.270 e. The SMILES string of the molecule is CN(C(=O)c1cc2ccncc2c(=O)[nH]1)C(C1CC1)C1CC1. The summed E-state index contributed by atoms with van der Waals surface area (Å²) in [5.74, 6) is 1.22. The van der Waals surface area contributed by atoms with Gasteiger partial charge in [0.2, 0.25) is 0 Å². The van der Waals surface area contributed by atoms with E-state index in [1.54, 1.807) is 18.3 Å². The molecule has 114 valence electrons. The van der Waals surface area contributed by atoms with Gasteiger partial charge in [0.15, 0.2) is 0 Å². The van der Waals surface area contributed by atoms with Crippen molar-refractivity contribution >= 4 is 16.7 Å². The van der Waals surface area contributed by atoms with E-state index in [2.05, 4.69) is 9.97 Å². The largest absolute Gasteiger partial charge is 0.337 e. The Hall–Kier alpha value is -2.17. The van der Waals surface area contributed by atoms with Crippen molar-refractivity contribution in [1.82, 2.24) is 14.9 Å². The molecule has 2 aliphatic rings. The highest BCUT2D eigenvalue weighted by Crippen LogP contribution is 2.47. The molecule has 0 radical (unpaired) electrons. The smallest absolute Gasteiger partial charge is 0.270 e. The fourth-order valence-electron chi connectivity index (χ4n) is 3.44. The summed E-state index contributed by atoms with van der Waals surface area (Å²) in [5.41, 5.74) is 0.120. The number of pyridine rings is 2. The lowest BCUT2D eigenvalue weighted by Crippen LogP contribution is -2.40. The highest BCUT2D eigenvalue weighted by Gasteiger charge is 2.45. The minimum absolute atomic E-state index is 0.0837. The molecule has 0 spiro atoms. The van der Waals surface area contributed by atoms with Crippen LogP contribution in [0.3, 0.4) is 0 Å². The summed E-state index contributed by atoms with van der Waals surface area (Å²) in [7, 11) is 1.87. The van der Waals surface area contributed by atoms with Crippen LogP contribution in [0.4, 0.5) is 0 Å². The standard InChI is InChI=1S/C17H19N3O2/c1-20(15(10-2-3-10)11-4-5-11)17(22)14-8-12-6-7-18-9-13(12)16(21)19-14/h6-11,15H,2-5H2,1H3,(H,19,21). The van der Waals surface area contributed by atoms with Gasteiger partial charge in [-0.1, -0.05) is 0 Å². The molecule has 1 N–H and O–H groups in total. The van der Waals surface area contributed by atoms with Crippen LogP contribution in [0.25, 0.3) is 10.8 Å². The molecule has 5 heteroatoms. The number of aromatic nitrogens is 2. The Morgan fingerprint density at radius 3 is 2.64 bits per heavy atom. The number of hydrogen-bond donors (Lipinski definition) is 1. The maximum atomic E-state index is 12.8. The number of H-pyrrole nitrogens is 1. The van der Waals surface area contributed by atoms with Crippen LogP contribution in [0.15, 0.2) is 29.3 Å². The molecule has 1 amide bonds. The molecule has 2 heterocycles. The van der Waals surface area contributed by atoms with Gasteiger partial charge in [0.25, 0.3) is 11.5 Å². The Bertz CT molecular complexity index is 778. The van der Waals surface area contributed by atoms with Crippen LogP contribution in [0.5, 0.6) is 0 Å².